The molecule has 1 N–H and O–H groups in total. The van der Waals surface area contributed by atoms with Gasteiger partial charge in [-0.15, -0.1) is 0 Å². The van der Waals surface area contributed by atoms with Crippen molar-refractivity contribution in [2.24, 2.45) is 0 Å². The second-order valence-electron chi connectivity index (χ2n) is 3.38. The van der Waals surface area contributed by atoms with Gasteiger partial charge in [0.2, 0.25) is 0 Å². The maximum atomic E-state index is 10.9. The average molecular weight is 301 g/mol. The molecule has 5 heteroatoms. The molecule has 1 aromatic carbocycles. The summed E-state index contributed by atoms with van der Waals surface area (Å²) in [4.78, 5) is 15.1. The van der Waals surface area contributed by atoms with E-state index in [9.17, 15) is 4.79 Å². The van der Waals surface area contributed by atoms with Crippen LogP contribution in [0.15, 0.2) is 22.8 Å². The van der Waals surface area contributed by atoms with Crippen LogP contribution in [0.5, 0.6) is 0 Å². The van der Waals surface area contributed by atoms with Gasteiger partial charge in [-0.2, -0.15) is 0 Å². The van der Waals surface area contributed by atoms with Crippen molar-refractivity contribution >= 4 is 44.4 Å². The lowest BCUT2D eigenvalue weighted by Gasteiger charge is -2.07. The SMILES string of the molecule is Cc1ccc(Cl)c2c(Br)c(C(=O)O)cnc12. The van der Waals surface area contributed by atoms with E-state index in [0.717, 1.165) is 5.56 Å². The summed E-state index contributed by atoms with van der Waals surface area (Å²) in [6.45, 7) is 1.90. The summed E-state index contributed by atoms with van der Waals surface area (Å²) in [5, 5.41) is 10.1. The molecule has 0 unspecified atom stereocenters. The van der Waals surface area contributed by atoms with Crippen molar-refractivity contribution in [3.8, 4) is 0 Å². The lowest BCUT2D eigenvalue weighted by atomic mass is 10.1. The van der Waals surface area contributed by atoms with Crippen molar-refractivity contribution in [1.29, 1.82) is 0 Å². The summed E-state index contributed by atoms with van der Waals surface area (Å²) < 4.78 is 0.471. The van der Waals surface area contributed by atoms with Gasteiger partial charge in [-0.3, -0.25) is 4.98 Å². The number of pyridine rings is 1. The molecule has 82 valence electrons. The topological polar surface area (TPSA) is 50.2 Å². The molecule has 0 radical (unpaired) electrons. The molecule has 3 nitrogen and oxygen atoms in total. The smallest absolute Gasteiger partial charge is 0.338 e. The molecule has 2 aromatic rings. The van der Waals surface area contributed by atoms with Crippen molar-refractivity contribution in [3.05, 3.63) is 39.0 Å². The number of benzene rings is 1. The van der Waals surface area contributed by atoms with Crippen LogP contribution in [0.25, 0.3) is 10.9 Å². The first kappa shape index (κ1) is 11.4. The Labute approximate surface area is 105 Å². The average Bonchev–Trinajstić information content (AvgIpc) is 2.23. The van der Waals surface area contributed by atoms with Crippen LogP contribution in [0.3, 0.4) is 0 Å². The predicted octanol–water partition coefficient (Wildman–Crippen LogP) is 3.66. The predicted molar refractivity (Wildman–Crippen MR) is 66.1 cm³/mol. The molecule has 0 atom stereocenters. The van der Waals surface area contributed by atoms with Crippen LogP contribution in [0.4, 0.5) is 0 Å². The number of hydrogen-bond donors (Lipinski definition) is 1. The van der Waals surface area contributed by atoms with E-state index in [0.29, 0.717) is 20.4 Å². The minimum Gasteiger partial charge on any atom is -0.478 e. The third kappa shape index (κ3) is 1.68. The molecule has 0 saturated carbocycles. The van der Waals surface area contributed by atoms with Gasteiger partial charge in [-0.25, -0.2) is 4.79 Å². The molecule has 0 amide bonds. The van der Waals surface area contributed by atoms with Gasteiger partial charge in [0.1, 0.15) is 0 Å². The van der Waals surface area contributed by atoms with Crippen molar-refractivity contribution in [2.75, 3.05) is 0 Å². The summed E-state index contributed by atoms with van der Waals surface area (Å²) in [6, 6.07) is 3.59. The van der Waals surface area contributed by atoms with E-state index < -0.39 is 5.97 Å². The fourth-order valence-corrected chi connectivity index (χ4v) is 2.55. The lowest BCUT2D eigenvalue weighted by Crippen LogP contribution is -2.00. The number of aromatic nitrogens is 1. The molecule has 0 fully saturated rings. The highest BCUT2D eigenvalue weighted by Crippen LogP contribution is 2.33. The van der Waals surface area contributed by atoms with E-state index in [1.807, 2.05) is 13.0 Å². The fourth-order valence-electron chi connectivity index (χ4n) is 1.52. The molecule has 0 aliphatic rings. The number of nitrogens with zero attached hydrogens (tertiary/aromatic N) is 1. The standard InChI is InChI=1S/C11H7BrClNO2/c1-5-2-3-7(13)8-9(12)6(11(15)16)4-14-10(5)8/h2-4H,1H3,(H,15,16). The Morgan fingerprint density at radius 2 is 2.19 bits per heavy atom. The van der Waals surface area contributed by atoms with Gasteiger partial charge in [-0.05, 0) is 34.5 Å². The molecule has 1 heterocycles. The number of carboxylic acid groups (broad SMARTS) is 1. The van der Waals surface area contributed by atoms with Crippen LogP contribution in [0.2, 0.25) is 5.02 Å². The van der Waals surface area contributed by atoms with Crippen molar-refractivity contribution in [2.45, 2.75) is 6.92 Å². The van der Waals surface area contributed by atoms with E-state index in [2.05, 4.69) is 20.9 Å². The molecule has 1 aromatic heterocycles. The first-order valence-electron chi connectivity index (χ1n) is 4.49. The van der Waals surface area contributed by atoms with Gasteiger partial charge < -0.3 is 5.11 Å². The van der Waals surface area contributed by atoms with E-state index in [1.165, 1.54) is 6.20 Å². The third-order valence-electron chi connectivity index (χ3n) is 2.34. The first-order chi connectivity index (χ1) is 7.52. The van der Waals surface area contributed by atoms with E-state index in [4.69, 9.17) is 16.7 Å². The number of halogens is 2. The molecular formula is C11H7BrClNO2. The second-order valence-corrected chi connectivity index (χ2v) is 4.58. The van der Waals surface area contributed by atoms with Crippen LogP contribution in [-0.2, 0) is 0 Å². The summed E-state index contributed by atoms with van der Waals surface area (Å²) in [5.41, 5.74) is 1.78. The molecule has 2 rings (SSSR count). The zero-order chi connectivity index (χ0) is 11.9. The molecule has 0 saturated heterocycles. The zero-order valence-electron chi connectivity index (χ0n) is 8.29. The Balaban J connectivity index is 2.94. The Morgan fingerprint density at radius 1 is 1.50 bits per heavy atom. The highest BCUT2D eigenvalue weighted by Gasteiger charge is 2.15. The van der Waals surface area contributed by atoms with Gasteiger partial charge in [0.15, 0.2) is 0 Å². The number of carboxylic acids is 1. The Morgan fingerprint density at radius 3 is 2.81 bits per heavy atom. The first-order valence-corrected chi connectivity index (χ1v) is 5.66. The number of aromatic carboxylic acids is 1. The Bertz CT molecular complexity index is 598. The second kappa shape index (κ2) is 4.03. The quantitative estimate of drug-likeness (QED) is 0.874. The monoisotopic (exact) mass is 299 g/mol. The minimum atomic E-state index is -1.03. The van der Waals surface area contributed by atoms with Gasteiger partial charge in [0.25, 0.3) is 0 Å². The lowest BCUT2D eigenvalue weighted by molar-refractivity contribution is 0.0695. The van der Waals surface area contributed by atoms with Gasteiger partial charge in [0.05, 0.1) is 16.1 Å². The number of fused-ring (bicyclic) bond motifs is 1. The van der Waals surface area contributed by atoms with Crippen LogP contribution in [-0.4, -0.2) is 16.1 Å². The van der Waals surface area contributed by atoms with Gasteiger partial charge in [-0.1, -0.05) is 17.7 Å². The number of aryl methyl sites for hydroxylation is 1. The number of carbonyl (C=O) groups is 1. The Hall–Kier alpha value is -1.13. The van der Waals surface area contributed by atoms with E-state index in [1.54, 1.807) is 6.07 Å². The van der Waals surface area contributed by atoms with Crippen molar-refractivity contribution < 1.29 is 9.90 Å². The van der Waals surface area contributed by atoms with Crippen LogP contribution < -0.4 is 0 Å². The van der Waals surface area contributed by atoms with Crippen LogP contribution >= 0.6 is 27.5 Å². The summed E-state index contributed by atoms with van der Waals surface area (Å²) >= 11 is 9.31. The zero-order valence-corrected chi connectivity index (χ0v) is 10.6. The molecule has 0 aliphatic carbocycles. The van der Waals surface area contributed by atoms with Gasteiger partial charge >= 0.3 is 5.97 Å². The molecule has 0 aliphatic heterocycles. The summed E-state index contributed by atoms with van der Waals surface area (Å²) in [7, 11) is 0. The maximum absolute atomic E-state index is 10.9. The summed E-state index contributed by atoms with van der Waals surface area (Å²) in [6.07, 6.45) is 1.33. The Kier molecular flexibility index (Phi) is 2.86. The largest absolute Gasteiger partial charge is 0.478 e. The maximum Gasteiger partial charge on any atom is 0.338 e. The molecule has 0 bridgehead atoms. The number of hydrogen-bond acceptors (Lipinski definition) is 2. The highest BCUT2D eigenvalue weighted by molar-refractivity contribution is 9.10. The van der Waals surface area contributed by atoms with E-state index in [-0.39, 0.29) is 5.56 Å². The minimum absolute atomic E-state index is 0.111. The molecule has 0 spiro atoms. The van der Waals surface area contributed by atoms with E-state index >= 15 is 0 Å². The molecule has 16 heavy (non-hydrogen) atoms. The fraction of sp³-hybridized carbons (Fsp3) is 0.0909. The number of rotatable bonds is 1. The van der Waals surface area contributed by atoms with Gasteiger partial charge in [0, 0.05) is 16.1 Å². The molecular weight excluding hydrogens is 293 g/mol. The normalized spacial score (nSPS) is 10.7. The third-order valence-corrected chi connectivity index (χ3v) is 3.48. The van der Waals surface area contributed by atoms with Crippen molar-refractivity contribution in [3.63, 3.8) is 0 Å². The van der Waals surface area contributed by atoms with Crippen LogP contribution in [0, 0.1) is 6.92 Å². The summed E-state index contributed by atoms with van der Waals surface area (Å²) in [5.74, 6) is -1.03. The van der Waals surface area contributed by atoms with Crippen LogP contribution in [0.1, 0.15) is 15.9 Å². The highest BCUT2D eigenvalue weighted by atomic mass is 79.9. The van der Waals surface area contributed by atoms with Crippen molar-refractivity contribution in [1.82, 2.24) is 4.98 Å².